The van der Waals surface area contributed by atoms with Gasteiger partial charge in [0, 0.05) is 91.8 Å². The van der Waals surface area contributed by atoms with Crippen LogP contribution in [0.1, 0.15) is 0 Å². The van der Waals surface area contributed by atoms with Gasteiger partial charge in [0.1, 0.15) is 22.3 Å². The van der Waals surface area contributed by atoms with E-state index in [1.54, 1.807) is 11.3 Å². The van der Waals surface area contributed by atoms with Crippen LogP contribution in [-0.4, -0.2) is 44.9 Å². The number of hydrogen-bond acceptors (Lipinski definition) is 12. The van der Waals surface area contributed by atoms with Crippen molar-refractivity contribution in [3.8, 4) is 147 Å². The molecule has 0 spiro atoms. The minimum Gasteiger partial charge on any atom is -0.456 e. The lowest BCUT2D eigenvalue weighted by Crippen LogP contribution is -2.00. The molecule has 12 heteroatoms. The third kappa shape index (κ3) is 15.2. The second-order valence-corrected chi connectivity index (χ2v) is 31.8. The zero-order chi connectivity index (χ0) is 82.9. The highest BCUT2D eigenvalue weighted by Crippen LogP contribution is 2.41. The molecule has 0 amide bonds. The molecule has 125 heavy (non-hydrogen) atoms. The lowest BCUT2D eigenvalue weighted by Gasteiger charge is -2.10. The molecule has 0 aliphatic carbocycles. The maximum atomic E-state index is 6.18. The molecule has 0 aliphatic heterocycles. The average Bonchev–Trinajstić information content (AvgIpc) is 1.80. The molecule has 11 nitrogen and oxygen atoms in total. The molecule has 18 aromatic carbocycles. The molecule has 24 rings (SSSR count). The number of benzene rings is 18. The summed E-state index contributed by atoms with van der Waals surface area (Å²) in [6.07, 6.45) is 0. The molecule has 24 aromatic rings. The number of hydrogen-bond donors (Lipinski definition) is 0. The van der Waals surface area contributed by atoms with Crippen molar-refractivity contribution in [2.45, 2.75) is 0 Å². The minimum absolute atomic E-state index is 0.599. The van der Waals surface area contributed by atoms with Crippen LogP contribution in [0.4, 0.5) is 0 Å². The van der Waals surface area contributed by atoms with Crippen LogP contribution in [0.5, 0.6) is 0 Å². The van der Waals surface area contributed by atoms with Crippen molar-refractivity contribution in [3.05, 3.63) is 431 Å². The van der Waals surface area contributed by atoms with E-state index in [1.165, 1.54) is 64.0 Å². The molecule has 0 bridgehead atoms. The van der Waals surface area contributed by atoms with Crippen molar-refractivity contribution in [1.82, 2.24) is 44.9 Å². The number of para-hydroxylation sites is 2. The summed E-state index contributed by atoms with van der Waals surface area (Å²) >= 11 is 1.80. The van der Waals surface area contributed by atoms with Crippen molar-refractivity contribution < 1.29 is 8.83 Å². The first-order valence-corrected chi connectivity index (χ1v) is 42.3. The lowest BCUT2D eigenvalue weighted by atomic mass is 10.00. The van der Waals surface area contributed by atoms with Crippen molar-refractivity contribution in [2.75, 3.05) is 0 Å². The highest BCUT2D eigenvalue weighted by molar-refractivity contribution is 7.25. The molecule has 0 aliphatic rings. The van der Waals surface area contributed by atoms with E-state index in [-0.39, 0.29) is 0 Å². The SMILES string of the molecule is c1ccc(-c2ccc(-c3nc(-c4ccc(-c5ccccc5)cc4)nc(-c4ccc5c(c4)oc4ccccc45)n3)cc2)cc1.c1ccc(-c2nc(-c3ccc(-c4ccc5ccccc5c4)cc3)nc(-c3ccc4c(c3)sc3ccccc34)n2)cc1.c1ccc(-c2nc(-c3ccc(-c4ccc5ccccc5c4)cc3)nc(-c3cccc4oc5ccccc5c34)n2)cc1. The Kier molecular flexibility index (Phi) is 19.6. The quantitative estimate of drug-likeness (QED) is 0.109. The Bertz CT molecular complexity index is 8030. The van der Waals surface area contributed by atoms with Gasteiger partial charge in [-0.25, -0.2) is 44.9 Å². The molecule has 586 valence electrons. The molecule has 0 fully saturated rings. The number of aromatic nitrogens is 9. The summed E-state index contributed by atoms with van der Waals surface area (Å²) in [5, 5.41) is 11.7. The number of rotatable bonds is 13. The fourth-order valence-electron chi connectivity index (χ4n) is 16.4. The van der Waals surface area contributed by atoms with Crippen molar-refractivity contribution in [2.24, 2.45) is 0 Å². The fourth-order valence-corrected chi connectivity index (χ4v) is 17.5. The highest BCUT2D eigenvalue weighted by Gasteiger charge is 2.22. The molecule has 0 saturated heterocycles. The van der Waals surface area contributed by atoms with Crippen molar-refractivity contribution in [3.63, 3.8) is 0 Å². The van der Waals surface area contributed by atoms with Crippen LogP contribution < -0.4 is 0 Å². The van der Waals surface area contributed by atoms with E-state index >= 15 is 0 Å². The van der Waals surface area contributed by atoms with Crippen LogP contribution in [0.3, 0.4) is 0 Å². The number of fused-ring (bicyclic) bond motifs is 11. The summed E-state index contributed by atoms with van der Waals surface area (Å²) in [6, 6.07) is 148. The van der Waals surface area contributed by atoms with Crippen LogP contribution in [0.15, 0.2) is 440 Å². The standard InChI is InChI=1S/C39H25N3O.C37H23N3O.C37H23N3S/c1-3-9-26(10-4-1)28-15-19-30(20-16-28)37-40-38(31-21-17-29(18-22-31)27-11-5-2-6-12-27)42-39(41-37)32-23-24-34-33-13-7-8-14-35(33)43-36(34)25-32;1-2-10-26(11-3-1)35-38-36(27-20-17-25(18-21-27)29-22-19-24-9-4-5-12-28(24)23-29)40-37(39-35)31-14-8-16-33-34(31)30-13-6-7-15-32(30)41-33;1-2-9-26(10-3-1)35-38-36(27-17-14-25(15-18-27)29-19-16-24-8-4-5-11-28(24)22-29)40-37(39-35)30-20-21-32-31-12-6-7-13-33(31)41-34(32)23-30/h1-25H;2*1-23H. The summed E-state index contributed by atoms with van der Waals surface area (Å²) in [4.78, 5) is 44.6. The molecule has 0 unspecified atom stereocenters. The van der Waals surface area contributed by atoms with Gasteiger partial charge in [0.15, 0.2) is 52.4 Å². The summed E-state index contributed by atoms with van der Waals surface area (Å²) in [6.45, 7) is 0. The summed E-state index contributed by atoms with van der Waals surface area (Å²) in [5.41, 5.74) is 21.0. The molecular weight excluding hydrogens is 1550 g/mol. The monoisotopic (exact) mass is 1620 g/mol. The van der Waals surface area contributed by atoms with E-state index < -0.39 is 0 Å². The molecule has 6 heterocycles. The molecule has 6 aromatic heterocycles. The lowest BCUT2D eigenvalue weighted by molar-refractivity contribution is 0.668. The third-order valence-corrected chi connectivity index (χ3v) is 24.0. The Hall–Kier alpha value is -16.7. The van der Waals surface area contributed by atoms with Crippen molar-refractivity contribution in [1.29, 1.82) is 0 Å². The second-order valence-electron chi connectivity index (χ2n) is 30.7. The maximum absolute atomic E-state index is 6.18. The van der Waals surface area contributed by atoms with Crippen LogP contribution in [-0.2, 0) is 0 Å². The Balaban J connectivity index is 0.000000111. The Morgan fingerprint density at radius 1 is 0.152 bits per heavy atom. The largest absolute Gasteiger partial charge is 0.456 e. The zero-order valence-corrected chi connectivity index (χ0v) is 68.1. The van der Waals surface area contributed by atoms with Gasteiger partial charge in [0.25, 0.3) is 0 Å². The van der Waals surface area contributed by atoms with Crippen LogP contribution in [0, 0.1) is 0 Å². The van der Waals surface area contributed by atoms with E-state index in [2.05, 4.69) is 303 Å². The van der Waals surface area contributed by atoms with E-state index in [4.69, 9.17) is 53.7 Å². The van der Waals surface area contributed by atoms with Gasteiger partial charge in [-0.3, -0.25) is 0 Å². The first-order valence-electron chi connectivity index (χ1n) is 41.5. The fraction of sp³-hybridized carbons (Fsp3) is 0. The summed E-state index contributed by atoms with van der Waals surface area (Å²) < 4.78 is 14.9. The Labute approximate surface area is 723 Å². The molecule has 0 saturated carbocycles. The van der Waals surface area contributed by atoms with Gasteiger partial charge in [0.05, 0.1) is 0 Å². The molecule has 0 atom stereocenters. The first kappa shape index (κ1) is 74.6. The van der Waals surface area contributed by atoms with Gasteiger partial charge in [-0.2, -0.15) is 0 Å². The Morgan fingerprint density at radius 3 is 0.912 bits per heavy atom. The average molecular weight is 1620 g/mol. The zero-order valence-electron chi connectivity index (χ0n) is 67.2. The highest BCUT2D eigenvalue weighted by atomic mass is 32.1. The maximum Gasteiger partial charge on any atom is 0.164 e. The number of furan rings is 2. The van der Waals surface area contributed by atoms with Gasteiger partial charge in [0.2, 0.25) is 0 Å². The first-order chi connectivity index (χ1) is 61.9. The predicted octanol–water partition coefficient (Wildman–Crippen LogP) is 29.8. The number of nitrogens with zero attached hydrogens (tertiary/aromatic N) is 9. The van der Waals surface area contributed by atoms with Crippen molar-refractivity contribution >= 4 is 96.9 Å². The minimum atomic E-state index is 0.599. The van der Waals surface area contributed by atoms with Gasteiger partial charge < -0.3 is 8.83 Å². The van der Waals surface area contributed by atoms with Gasteiger partial charge in [-0.1, -0.05) is 376 Å². The van der Waals surface area contributed by atoms with Crippen LogP contribution in [0.2, 0.25) is 0 Å². The molecule has 0 radical (unpaired) electrons. The Morgan fingerprint density at radius 2 is 0.440 bits per heavy atom. The van der Waals surface area contributed by atoms with Gasteiger partial charge in [-0.15, -0.1) is 11.3 Å². The third-order valence-electron chi connectivity index (χ3n) is 22.8. The molecule has 0 N–H and O–H groups in total. The summed E-state index contributed by atoms with van der Waals surface area (Å²) in [5.74, 6) is 5.72. The van der Waals surface area contributed by atoms with E-state index in [9.17, 15) is 0 Å². The number of thiophene rings is 1. The van der Waals surface area contributed by atoms with Crippen LogP contribution in [0.25, 0.3) is 233 Å². The second kappa shape index (κ2) is 32.8. The van der Waals surface area contributed by atoms with Gasteiger partial charge >= 0.3 is 0 Å². The predicted molar refractivity (Wildman–Crippen MR) is 513 cm³/mol. The topological polar surface area (TPSA) is 142 Å². The van der Waals surface area contributed by atoms with Gasteiger partial charge in [-0.05, 0) is 121 Å². The van der Waals surface area contributed by atoms with E-state index in [0.717, 1.165) is 116 Å². The van der Waals surface area contributed by atoms with Crippen LogP contribution >= 0.6 is 11.3 Å². The van der Waals surface area contributed by atoms with E-state index in [1.807, 2.05) is 127 Å². The summed E-state index contributed by atoms with van der Waals surface area (Å²) in [7, 11) is 0. The van der Waals surface area contributed by atoms with E-state index in [0.29, 0.717) is 52.4 Å². The smallest absolute Gasteiger partial charge is 0.164 e. The molecular formula is C113H71N9O2S. The normalized spacial score (nSPS) is 11.4.